The van der Waals surface area contributed by atoms with Crippen molar-refractivity contribution >= 4 is 11.7 Å². The van der Waals surface area contributed by atoms with Gasteiger partial charge in [0.15, 0.2) is 0 Å². The molecular weight excluding hydrogens is 118 g/mol. The Morgan fingerprint density at radius 3 is 2.33 bits per heavy atom. The molecule has 0 radical (unpaired) electrons. The largest absolute Gasteiger partial charge is 0.477 e. The Bertz CT molecular complexity index is 131. The Kier molecular flexibility index (Phi) is 2.91. The second-order valence-electron chi connectivity index (χ2n) is 2.03. The van der Waals surface area contributed by atoms with Gasteiger partial charge in [-0.2, -0.15) is 0 Å². The summed E-state index contributed by atoms with van der Waals surface area (Å²) in [6, 6.07) is 0. The summed E-state index contributed by atoms with van der Waals surface area (Å²) >= 11 is 0. The van der Waals surface area contributed by atoms with Crippen molar-refractivity contribution in [1.29, 1.82) is 5.41 Å². The lowest BCUT2D eigenvalue weighted by atomic mass is 10.0. The zero-order valence-corrected chi connectivity index (χ0v) is 5.64. The van der Waals surface area contributed by atoms with Gasteiger partial charge >= 0.3 is 5.97 Å². The molecule has 0 aromatic carbocycles. The second-order valence-corrected chi connectivity index (χ2v) is 2.03. The Labute approximate surface area is 54.2 Å². The summed E-state index contributed by atoms with van der Waals surface area (Å²) in [6.07, 6.45) is 0.713. The molecule has 0 rings (SSSR count). The summed E-state index contributed by atoms with van der Waals surface area (Å²) in [5.74, 6) is -1.23. The lowest BCUT2D eigenvalue weighted by molar-refractivity contribution is -0.129. The smallest absolute Gasteiger partial charge is 0.349 e. The first-order chi connectivity index (χ1) is 4.09. The molecule has 0 aromatic heterocycles. The van der Waals surface area contributed by atoms with Crippen LogP contribution in [0.2, 0.25) is 0 Å². The molecule has 0 bridgehead atoms. The molecule has 52 valence electrons. The zero-order valence-electron chi connectivity index (χ0n) is 5.64. The summed E-state index contributed by atoms with van der Waals surface area (Å²) in [5, 5.41) is 15.2. The van der Waals surface area contributed by atoms with E-state index >= 15 is 0 Å². The van der Waals surface area contributed by atoms with Crippen LogP contribution in [0.3, 0.4) is 0 Å². The van der Waals surface area contributed by atoms with Crippen molar-refractivity contribution in [2.45, 2.75) is 20.3 Å². The lowest BCUT2D eigenvalue weighted by Gasteiger charge is -2.03. The van der Waals surface area contributed by atoms with E-state index in [9.17, 15) is 4.79 Å². The minimum atomic E-state index is -1.11. The molecule has 0 aliphatic rings. The van der Waals surface area contributed by atoms with Crippen LogP contribution in [0.15, 0.2) is 0 Å². The third-order valence-corrected chi connectivity index (χ3v) is 1.34. The molecule has 2 N–H and O–H groups in total. The lowest BCUT2D eigenvalue weighted by Crippen LogP contribution is -2.19. The van der Waals surface area contributed by atoms with Crippen LogP contribution in [0.4, 0.5) is 0 Å². The minimum absolute atomic E-state index is 0.123. The minimum Gasteiger partial charge on any atom is -0.477 e. The number of rotatable bonds is 3. The molecule has 9 heavy (non-hydrogen) atoms. The van der Waals surface area contributed by atoms with Gasteiger partial charge in [-0.1, -0.05) is 13.8 Å². The molecule has 1 atom stereocenters. The summed E-state index contributed by atoms with van der Waals surface area (Å²) in [6.45, 7) is 3.60. The van der Waals surface area contributed by atoms with Crippen molar-refractivity contribution < 1.29 is 9.90 Å². The van der Waals surface area contributed by atoms with E-state index < -0.39 is 5.97 Å². The number of nitrogens with one attached hydrogen (secondary N) is 1. The molecule has 0 fully saturated rings. The molecular formula is C6H11NO2. The highest BCUT2D eigenvalue weighted by atomic mass is 16.4. The average Bonchev–Trinajstić information content (AvgIpc) is 1.84. The summed E-state index contributed by atoms with van der Waals surface area (Å²) in [5.41, 5.74) is -0.197. The molecule has 0 spiro atoms. The van der Waals surface area contributed by atoms with Crippen molar-refractivity contribution in [3.8, 4) is 0 Å². The Morgan fingerprint density at radius 1 is 1.78 bits per heavy atom. The first-order valence-electron chi connectivity index (χ1n) is 2.91. The number of hydrogen-bond acceptors (Lipinski definition) is 2. The molecule has 0 aromatic rings. The molecule has 0 aliphatic carbocycles. The van der Waals surface area contributed by atoms with Crippen LogP contribution in [-0.4, -0.2) is 16.8 Å². The molecule has 3 heteroatoms. The number of hydrogen-bond donors (Lipinski definition) is 2. The fourth-order valence-electron chi connectivity index (χ4n) is 0.415. The molecule has 0 unspecified atom stereocenters. The van der Waals surface area contributed by atoms with Crippen molar-refractivity contribution in [2.75, 3.05) is 0 Å². The first-order valence-corrected chi connectivity index (χ1v) is 2.91. The topological polar surface area (TPSA) is 61.2 Å². The maximum atomic E-state index is 10.1. The van der Waals surface area contributed by atoms with E-state index in [4.69, 9.17) is 10.5 Å². The number of aliphatic carboxylic acids is 1. The third kappa shape index (κ3) is 2.26. The van der Waals surface area contributed by atoms with Crippen LogP contribution in [0, 0.1) is 11.3 Å². The molecule has 0 aliphatic heterocycles. The van der Waals surface area contributed by atoms with E-state index in [0.717, 1.165) is 0 Å². The second kappa shape index (κ2) is 3.22. The van der Waals surface area contributed by atoms with Crippen LogP contribution in [0.5, 0.6) is 0 Å². The predicted molar refractivity (Wildman–Crippen MR) is 34.8 cm³/mol. The van der Waals surface area contributed by atoms with Gasteiger partial charge in [-0.3, -0.25) is 5.41 Å². The van der Waals surface area contributed by atoms with Gasteiger partial charge in [0.05, 0.1) is 0 Å². The highest BCUT2D eigenvalue weighted by Crippen LogP contribution is 2.01. The summed E-state index contributed by atoms with van der Waals surface area (Å²) in [4.78, 5) is 10.1. The van der Waals surface area contributed by atoms with Crippen LogP contribution >= 0.6 is 0 Å². The van der Waals surface area contributed by atoms with Gasteiger partial charge in [-0.15, -0.1) is 0 Å². The summed E-state index contributed by atoms with van der Waals surface area (Å²) in [7, 11) is 0. The number of carboxylic acids is 1. The van der Waals surface area contributed by atoms with Crippen LogP contribution in [-0.2, 0) is 4.79 Å². The predicted octanol–water partition coefficient (Wildman–Crippen LogP) is 1.14. The van der Waals surface area contributed by atoms with Gasteiger partial charge < -0.3 is 5.11 Å². The number of carboxylic acid groups (broad SMARTS) is 1. The van der Waals surface area contributed by atoms with Gasteiger partial charge in [0.1, 0.15) is 5.71 Å². The monoisotopic (exact) mass is 129 g/mol. The van der Waals surface area contributed by atoms with Gasteiger partial charge in [0.25, 0.3) is 0 Å². The van der Waals surface area contributed by atoms with Gasteiger partial charge in [0.2, 0.25) is 0 Å². The first kappa shape index (κ1) is 8.14. The molecule has 0 saturated heterocycles. The van der Waals surface area contributed by atoms with E-state index in [0.29, 0.717) is 6.42 Å². The van der Waals surface area contributed by atoms with Gasteiger partial charge in [-0.05, 0) is 6.42 Å². The van der Waals surface area contributed by atoms with Crippen LogP contribution in [0.1, 0.15) is 20.3 Å². The van der Waals surface area contributed by atoms with E-state index in [1.54, 1.807) is 6.92 Å². The third-order valence-electron chi connectivity index (χ3n) is 1.34. The van der Waals surface area contributed by atoms with Gasteiger partial charge in [-0.25, -0.2) is 4.79 Å². The molecule has 0 amide bonds. The normalized spacial score (nSPS) is 12.7. The van der Waals surface area contributed by atoms with Crippen molar-refractivity contribution in [1.82, 2.24) is 0 Å². The van der Waals surface area contributed by atoms with Gasteiger partial charge in [0, 0.05) is 5.92 Å². The van der Waals surface area contributed by atoms with Crippen LogP contribution < -0.4 is 0 Å². The maximum absolute atomic E-state index is 10.1. The van der Waals surface area contributed by atoms with Crippen molar-refractivity contribution in [3.63, 3.8) is 0 Å². The van der Waals surface area contributed by atoms with E-state index in [1.165, 1.54) is 0 Å². The van der Waals surface area contributed by atoms with Crippen molar-refractivity contribution in [3.05, 3.63) is 0 Å². The van der Waals surface area contributed by atoms with Crippen molar-refractivity contribution in [2.24, 2.45) is 5.92 Å². The van der Waals surface area contributed by atoms with E-state index in [-0.39, 0.29) is 11.6 Å². The molecule has 0 saturated carbocycles. The SMILES string of the molecule is CC[C@H](C)C(=N)C(=O)O. The molecule has 0 heterocycles. The maximum Gasteiger partial charge on any atom is 0.349 e. The highest BCUT2D eigenvalue weighted by Gasteiger charge is 2.12. The van der Waals surface area contributed by atoms with Crippen LogP contribution in [0.25, 0.3) is 0 Å². The Morgan fingerprint density at radius 2 is 2.22 bits per heavy atom. The summed E-state index contributed by atoms with van der Waals surface area (Å²) < 4.78 is 0. The number of carbonyl (C=O) groups is 1. The fourth-order valence-corrected chi connectivity index (χ4v) is 0.415. The Hall–Kier alpha value is -0.860. The zero-order chi connectivity index (χ0) is 7.44. The van der Waals surface area contributed by atoms with E-state index in [2.05, 4.69) is 0 Å². The molecule has 3 nitrogen and oxygen atoms in total. The quantitative estimate of drug-likeness (QED) is 0.561. The van der Waals surface area contributed by atoms with E-state index in [1.807, 2.05) is 6.92 Å². The average molecular weight is 129 g/mol. The highest BCUT2D eigenvalue weighted by molar-refractivity contribution is 6.34. The Balaban J connectivity index is 3.88. The fraction of sp³-hybridized carbons (Fsp3) is 0.667. The standard InChI is InChI=1S/C6H11NO2/c1-3-4(2)5(7)6(8)9/h4,7H,3H2,1-2H3,(H,8,9)/t4-/m0/s1.